The third kappa shape index (κ3) is 4.72. The normalized spacial score (nSPS) is 21.5. The molecule has 2 aromatic rings. The van der Waals surface area contributed by atoms with Gasteiger partial charge >= 0.3 is 0 Å². The fourth-order valence-corrected chi connectivity index (χ4v) is 3.90. The Morgan fingerprint density at radius 1 is 1.33 bits per heavy atom. The van der Waals surface area contributed by atoms with Gasteiger partial charge in [-0.15, -0.1) is 24.0 Å². The molecule has 0 aromatic carbocycles. The summed E-state index contributed by atoms with van der Waals surface area (Å²) in [6.07, 6.45) is 5.33. The highest BCUT2D eigenvalue weighted by atomic mass is 127. The fourth-order valence-electron chi connectivity index (χ4n) is 3.90. The first-order valence-corrected chi connectivity index (χ1v) is 9.44. The Bertz CT molecular complexity index is 786. The highest BCUT2D eigenvalue weighted by molar-refractivity contribution is 14.0. The number of hydrogen-bond acceptors (Lipinski definition) is 4. The van der Waals surface area contributed by atoms with Crippen molar-refractivity contribution in [3.05, 3.63) is 35.8 Å². The van der Waals surface area contributed by atoms with Gasteiger partial charge in [0.15, 0.2) is 5.96 Å². The van der Waals surface area contributed by atoms with Gasteiger partial charge in [-0.2, -0.15) is 0 Å². The number of pyridine rings is 1. The molecule has 2 saturated heterocycles. The molecule has 8 heteroatoms. The van der Waals surface area contributed by atoms with Crippen molar-refractivity contribution in [3.63, 3.8) is 0 Å². The standard InChI is InChI=1S/C19H28N6O.HI/c1-15-3-5-24-13-16(22-18(24)11-15)12-21-19(20-2)25-6-4-17(14-25)23-7-9-26-10-8-23;/h3,5,11,13,17H,4,6-10,12,14H2,1-2H3,(H,20,21);1H. The molecule has 27 heavy (non-hydrogen) atoms. The second kappa shape index (κ2) is 9.20. The van der Waals surface area contributed by atoms with Crippen molar-refractivity contribution >= 4 is 35.6 Å². The van der Waals surface area contributed by atoms with Crippen molar-refractivity contribution in [3.8, 4) is 0 Å². The van der Waals surface area contributed by atoms with Gasteiger partial charge in [-0.3, -0.25) is 9.89 Å². The van der Waals surface area contributed by atoms with E-state index in [-0.39, 0.29) is 24.0 Å². The lowest BCUT2D eigenvalue weighted by Gasteiger charge is -2.32. The Kier molecular flexibility index (Phi) is 6.93. The van der Waals surface area contributed by atoms with E-state index in [1.54, 1.807) is 0 Å². The number of morpholine rings is 1. The number of nitrogens with zero attached hydrogens (tertiary/aromatic N) is 5. The second-order valence-corrected chi connectivity index (χ2v) is 7.14. The van der Waals surface area contributed by atoms with Crippen LogP contribution < -0.4 is 5.32 Å². The Labute approximate surface area is 177 Å². The number of rotatable bonds is 3. The number of imidazole rings is 1. The van der Waals surface area contributed by atoms with Crippen LogP contribution >= 0.6 is 24.0 Å². The molecule has 0 bridgehead atoms. The largest absolute Gasteiger partial charge is 0.379 e. The van der Waals surface area contributed by atoms with Crippen molar-refractivity contribution in [2.75, 3.05) is 46.4 Å². The van der Waals surface area contributed by atoms with Crippen LogP contribution in [0.4, 0.5) is 0 Å². The van der Waals surface area contributed by atoms with E-state index in [4.69, 9.17) is 9.72 Å². The summed E-state index contributed by atoms with van der Waals surface area (Å²) in [6, 6.07) is 4.81. The molecule has 2 fully saturated rings. The van der Waals surface area contributed by atoms with E-state index in [9.17, 15) is 0 Å². The van der Waals surface area contributed by atoms with Crippen LogP contribution in [-0.4, -0.2) is 77.6 Å². The van der Waals surface area contributed by atoms with E-state index in [1.165, 1.54) is 12.0 Å². The molecule has 7 nitrogen and oxygen atoms in total. The van der Waals surface area contributed by atoms with Crippen molar-refractivity contribution in [1.29, 1.82) is 0 Å². The van der Waals surface area contributed by atoms with Crippen molar-refractivity contribution < 1.29 is 4.74 Å². The average molecular weight is 484 g/mol. The van der Waals surface area contributed by atoms with Crippen LogP contribution in [0.3, 0.4) is 0 Å². The van der Waals surface area contributed by atoms with Crippen LogP contribution in [0.1, 0.15) is 17.7 Å². The summed E-state index contributed by atoms with van der Waals surface area (Å²) in [6.45, 7) is 8.67. The molecular formula is C19H29IN6O. The first kappa shape index (κ1) is 20.3. The van der Waals surface area contributed by atoms with Crippen LogP contribution in [0.5, 0.6) is 0 Å². The zero-order valence-corrected chi connectivity index (χ0v) is 18.4. The van der Waals surface area contributed by atoms with E-state index < -0.39 is 0 Å². The third-order valence-electron chi connectivity index (χ3n) is 5.33. The van der Waals surface area contributed by atoms with E-state index in [0.717, 1.165) is 56.7 Å². The number of halogens is 1. The summed E-state index contributed by atoms with van der Waals surface area (Å²) in [7, 11) is 1.86. The average Bonchev–Trinajstić information content (AvgIpc) is 3.30. The number of aryl methyl sites for hydroxylation is 1. The minimum absolute atomic E-state index is 0. The van der Waals surface area contributed by atoms with E-state index >= 15 is 0 Å². The van der Waals surface area contributed by atoms with Crippen molar-refractivity contribution in [2.24, 2.45) is 4.99 Å². The van der Waals surface area contributed by atoms with Gasteiger partial charge in [0.05, 0.1) is 25.5 Å². The third-order valence-corrected chi connectivity index (χ3v) is 5.33. The molecule has 148 valence electrons. The number of ether oxygens (including phenoxy) is 1. The molecule has 0 aliphatic carbocycles. The molecule has 1 atom stereocenters. The number of likely N-dealkylation sites (tertiary alicyclic amines) is 1. The summed E-state index contributed by atoms with van der Waals surface area (Å²) < 4.78 is 7.54. The van der Waals surface area contributed by atoms with Crippen LogP contribution in [0.25, 0.3) is 5.65 Å². The topological polar surface area (TPSA) is 57.4 Å². The van der Waals surface area contributed by atoms with Crippen molar-refractivity contribution in [2.45, 2.75) is 25.9 Å². The highest BCUT2D eigenvalue weighted by Gasteiger charge is 2.30. The quantitative estimate of drug-likeness (QED) is 0.409. The molecule has 2 aliphatic rings. The number of nitrogens with one attached hydrogen (secondary N) is 1. The van der Waals surface area contributed by atoms with Crippen LogP contribution in [0, 0.1) is 6.92 Å². The van der Waals surface area contributed by atoms with Gasteiger partial charge in [-0.25, -0.2) is 4.98 Å². The second-order valence-electron chi connectivity index (χ2n) is 7.14. The molecule has 0 saturated carbocycles. The summed E-state index contributed by atoms with van der Waals surface area (Å²) in [5.74, 6) is 0.967. The maximum absolute atomic E-state index is 5.47. The number of fused-ring (bicyclic) bond motifs is 1. The Morgan fingerprint density at radius 2 is 2.15 bits per heavy atom. The number of aliphatic imine (C=N–C) groups is 1. The molecular weight excluding hydrogens is 455 g/mol. The minimum Gasteiger partial charge on any atom is -0.379 e. The molecule has 1 N–H and O–H groups in total. The van der Waals surface area contributed by atoms with E-state index in [0.29, 0.717) is 12.6 Å². The highest BCUT2D eigenvalue weighted by Crippen LogP contribution is 2.17. The van der Waals surface area contributed by atoms with Crippen LogP contribution in [-0.2, 0) is 11.3 Å². The smallest absolute Gasteiger partial charge is 0.194 e. The summed E-state index contributed by atoms with van der Waals surface area (Å²) in [5, 5.41) is 3.48. The van der Waals surface area contributed by atoms with Gasteiger partial charge < -0.3 is 19.4 Å². The number of guanidine groups is 1. The van der Waals surface area contributed by atoms with E-state index in [2.05, 4.69) is 56.0 Å². The van der Waals surface area contributed by atoms with Gasteiger partial charge in [0, 0.05) is 51.7 Å². The van der Waals surface area contributed by atoms with Gasteiger partial charge in [0.2, 0.25) is 0 Å². The fraction of sp³-hybridized carbons (Fsp3) is 0.579. The maximum Gasteiger partial charge on any atom is 0.194 e. The van der Waals surface area contributed by atoms with Gasteiger partial charge in [-0.1, -0.05) is 0 Å². The summed E-state index contributed by atoms with van der Waals surface area (Å²) >= 11 is 0. The molecule has 4 heterocycles. The van der Waals surface area contributed by atoms with Gasteiger partial charge in [-0.05, 0) is 31.0 Å². The lowest BCUT2D eigenvalue weighted by Crippen LogP contribution is -2.46. The zero-order chi connectivity index (χ0) is 17.9. The lowest BCUT2D eigenvalue weighted by atomic mass is 10.2. The maximum atomic E-state index is 5.47. The summed E-state index contributed by atoms with van der Waals surface area (Å²) in [5.41, 5.74) is 3.25. The number of aromatic nitrogens is 2. The predicted octanol–water partition coefficient (Wildman–Crippen LogP) is 1.74. The van der Waals surface area contributed by atoms with E-state index in [1.807, 2.05) is 7.05 Å². The molecule has 2 aliphatic heterocycles. The zero-order valence-electron chi connectivity index (χ0n) is 16.1. The molecule has 0 amide bonds. The monoisotopic (exact) mass is 484 g/mol. The van der Waals surface area contributed by atoms with Gasteiger partial charge in [0.1, 0.15) is 5.65 Å². The Morgan fingerprint density at radius 3 is 2.93 bits per heavy atom. The predicted molar refractivity (Wildman–Crippen MR) is 118 cm³/mol. The molecule has 2 aromatic heterocycles. The Hall–Kier alpha value is -1.39. The van der Waals surface area contributed by atoms with Crippen LogP contribution in [0.2, 0.25) is 0 Å². The lowest BCUT2D eigenvalue weighted by molar-refractivity contribution is 0.0195. The van der Waals surface area contributed by atoms with Crippen molar-refractivity contribution in [1.82, 2.24) is 24.5 Å². The summed E-state index contributed by atoms with van der Waals surface area (Å²) in [4.78, 5) is 14.1. The first-order chi connectivity index (χ1) is 12.7. The van der Waals surface area contributed by atoms with Crippen LogP contribution in [0.15, 0.2) is 29.5 Å². The molecule has 1 unspecified atom stereocenters. The number of hydrogen-bond donors (Lipinski definition) is 1. The molecule has 0 spiro atoms. The SMILES string of the molecule is CN=C(NCc1cn2ccc(C)cc2n1)N1CCC(N2CCOCC2)C1.I. The Balaban J connectivity index is 0.00000210. The molecule has 0 radical (unpaired) electrons. The first-order valence-electron chi connectivity index (χ1n) is 9.44. The van der Waals surface area contributed by atoms with Gasteiger partial charge in [0.25, 0.3) is 0 Å². The molecule has 4 rings (SSSR count). The minimum atomic E-state index is 0.